The van der Waals surface area contributed by atoms with Crippen LogP contribution < -0.4 is 15.4 Å². The first-order valence-corrected chi connectivity index (χ1v) is 4.38. The number of halogens is 1. The van der Waals surface area contributed by atoms with Crippen LogP contribution in [0.3, 0.4) is 0 Å². The van der Waals surface area contributed by atoms with Crippen molar-refractivity contribution in [3.8, 4) is 5.75 Å². The monoisotopic (exact) mass is 226 g/mol. The second-order valence-corrected chi connectivity index (χ2v) is 3.04. The standard InChI is InChI=1S/C10H11FN2O3/c1-13(10(15)9(12)14)7-5-6(11)3-4-8(7)16-2/h3-5H,1-2H3,(H2,12,14). The van der Waals surface area contributed by atoms with Crippen LogP contribution in [0.15, 0.2) is 18.2 Å². The third-order valence-corrected chi connectivity index (χ3v) is 2.02. The Morgan fingerprint density at radius 2 is 2.06 bits per heavy atom. The Morgan fingerprint density at radius 3 is 2.56 bits per heavy atom. The molecule has 6 heteroatoms. The van der Waals surface area contributed by atoms with Crippen LogP contribution in [0.4, 0.5) is 10.1 Å². The number of nitrogens with zero attached hydrogens (tertiary/aromatic N) is 1. The molecule has 0 spiro atoms. The van der Waals surface area contributed by atoms with Gasteiger partial charge in [-0.2, -0.15) is 0 Å². The van der Waals surface area contributed by atoms with Crippen molar-refractivity contribution in [2.45, 2.75) is 0 Å². The summed E-state index contributed by atoms with van der Waals surface area (Å²) in [6, 6.07) is 3.63. The number of methoxy groups -OCH3 is 1. The molecule has 0 radical (unpaired) electrons. The van der Waals surface area contributed by atoms with Crippen LogP contribution in [0.1, 0.15) is 0 Å². The van der Waals surface area contributed by atoms with Gasteiger partial charge in [0, 0.05) is 13.1 Å². The predicted octanol–water partition coefficient (Wildman–Crippen LogP) is 0.282. The molecule has 1 aromatic rings. The van der Waals surface area contributed by atoms with E-state index in [4.69, 9.17) is 10.5 Å². The Hall–Kier alpha value is -2.11. The van der Waals surface area contributed by atoms with Crippen molar-refractivity contribution in [1.29, 1.82) is 0 Å². The second kappa shape index (κ2) is 4.61. The van der Waals surface area contributed by atoms with Gasteiger partial charge in [0.25, 0.3) is 0 Å². The SMILES string of the molecule is COc1ccc(F)cc1N(C)C(=O)C(N)=O. The molecule has 1 aromatic carbocycles. The van der Waals surface area contributed by atoms with Crippen molar-refractivity contribution < 1.29 is 18.7 Å². The molecule has 1 rings (SSSR count). The highest BCUT2D eigenvalue weighted by Crippen LogP contribution is 2.27. The molecule has 0 fully saturated rings. The molecule has 0 aliphatic rings. The highest BCUT2D eigenvalue weighted by Gasteiger charge is 2.20. The topological polar surface area (TPSA) is 72.6 Å². The molecule has 2 N–H and O–H groups in total. The fraction of sp³-hybridized carbons (Fsp3) is 0.200. The maximum absolute atomic E-state index is 13.0. The number of hydrogen-bond acceptors (Lipinski definition) is 3. The Labute approximate surface area is 91.6 Å². The molecule has 0 aliphatic heterocycles. The smallest absolute Gasteiger partial charge is 0.315 e. The molecule has 0 atom stereocenters. The van der Waals surface area contributed by atoms with Gasteiger partial charge in [-0.15, -0.1) is 0 Å². The van der Waals surface area contributed by atoms with E-state index in [-0.39, 0.29) is 11.4 Å². The van der Waals surface area contributed by atoms with Gasteiger partial charge in [0.2, 0.25) is 0 Å². The summed E-state index contributed by atoms with van der Waals surface area (Å²) in [5.74, 6) is -2.32. The van der Waals surface area contributed by atoms with Gasteiger partial charge in [-0.3, -0.25) is 9.59 Å². The maximum Gasteiger partial charge on any atom is 0.315 e. The number of anilines is 1. The third-order valence-electron chi connectivity index (χ3n) is 2.02. The summed E-state index contributed by atoms with van der Waals surface area (Å²) >= 11 is 0. The summed E-state index contributed by atoms with van der Waals surface area (Å²) in [7, 11) is 2.68. The van der Waals surface area contributed by atoms with E-state index >= 15 is 0 Å². The van der Waals surface area contributed by atoms with Crippen molar-refractivity contribution in [2.24, 2.45) is 5.73 Å². The Kier molecular flexibility index (Phi) is 3.44. The molecule has 0 unspecified atom stereocenters. The Balaban J connectivity index is 3.15. The normalized spacial score (nSPS) is 9.69. The van der Waals surface area contributed by atoms with Crippen LogP contribution >= 0.6 is 0 Å². The quantitative estimate of drug-likeness (QED) is 0.736. The number of carbonyl (C=O) groups excluding carboxylic acids is 2. The molecule has 5 nitrogen and oxygen atoms in total. The van der Waals surface area contributed by atoms with Crippen LogP contribution in [-0.2, 0) is 9.59 Å². The molecule has 0 heterocycles. The van der Waals surface area contributed by atoms with Gasteiger partial charge in [-0.1, -0.05) is 0 Å². The first kappa shape index (κ1) is 12.0. The lowest BCUT2D eigenvalue weighted by Gasteiger charge is -2.18. The molecule has 0 bridgehead atoms. The van der Waals surface area contributed by atoms with Crippen LogP contribution in [0, 0.1) is 5.82 Å². The summed E-state index contributed by atoms with van der Waals surface area (Å²) in [5, 5.41) is 0. The highest BCUT2D eigenvalue weighted by atomic mass is 19.1. The number of likely N-dealkylation sites (N-methyl/N-ethyl adjacent to an activating group) is 1. The van der Waals surface area contributed by atoms with Crippen LogP contribution in [-0.4, -0.2) is 26.0 Å². The minimum atomic E-state index is -1.12. The average Bonchev–Trinajstić information content (AvgIpc) is 2.26. The van der Waals surface area contributed by atoms with Crippen LogP contribution in [0.2, 0.25) is 0 Å². The lowest BCUT2D eigenvalue weighted by molar-refractivity contribution is -0.135. The van der Waals surface area contributed by atoms with Gasteiger partial charge in [-0.05, 0) is 12.1 Å². The van der Waals surface area contributed by atoms with Gasteiger partial charge in [0.15, 0.2) is 0 Å². The predicted molar refractivity (Wildman–Crippen MR) is 55.6 cm³/mol. The van der Waals surface area contributed by atoms with Gasteiger partial charge in [0.05, 0.1) is 12.8 Å². The zero-order valence-electron chi connectivity index (χ0n) is 8.86. The molecule has 0 saturated heterocycles. The summed E-state index contributed by atoms with van der Waals surface area (Å²) in [5.41, 5.74) is 4.98. The number of benzene rings is 1. The lowest BCUT2D eigenvalue weighted by Crippen LogP contribution is -2.37. The fourth-order valence-corrected chi connectivity index (χ4v) is 1.20. The Bertz CT molecular complexity index is 434. The molecule has 0 aromatic heterocycles. The fourth-order valence-electron chi connectivity index (χ4n) is 1.20. The molecular formula is C10H11FN2O3. The number of nitrogens with two attached hydrogens (primary N) is 1. The van der Waals surface area contributed by atoms with E-state index in [1.165, 1.54) is 26.3 Å². The van der Waals surface area contributed by atoms with Gasteiger partial charge < -0.3 is 15.4 Å². The van der Waals surface area contributed by atoms with Crippen LogP contribution in [0.5, 0.6) is 5.75 Å². The van der Waals surface area contributed by atoms with Gasteiger partial charge in [-0.25, -0.2) is 4.39 Å². The van der Waals surface area contributed by atoms with E-state index in [2.05, 4.69) is 0 Å². The zero-order valence-corrected chi connectivity index (χ0v) is 8.86. The van der Waals surface area contributed by atoms with E-state index in [0.717, 1.165) is 11.0 Å². The number of hydrogen-bond donors (Lipinski definition) is 1. The first-order valence-electron chi connectivity index (χ1n) is 4.38. The lowest BCUT2D eigenvalue weighted by atomic mass is 10.2. The number of rotatable bonds is 2. The van der Waals surface area contributed by atoms with Crippen molar-refractivity contribution in [3.63, 3.8) is 0 Å². The van der Waals surface area contributed by atoms with Crippen LogP contribution in [0.25, 0.3) is 0 Å². The number of primary amides is 1. The van der Waals surface area contributed by atoms with E-state index < -0.39 is 17.6 Å². The minimum Gasteiger partial charge on any atom is -0.495 e. The molecular weight excluding hydrogens is 215 g/mol. The third kappa shape index (κ3) is 2.28. The summed E-state index contributed by atoms with van der Waals surface area (Å²) in [6.07, 6.45) is 0. The molecule has 0 aliphatic carbocycles. The van der Waals surface area contributed by atoms with Crippen molar-refractivity contribution in [3.05, 3.63) is 24.0 Å². The van der Waals surface area contributed by atoms with E-state index in [9.17, 15) is 14.0 Å². The van der Waals surface area contributed by atoms with E-state index in [1.807, 2.05) is 0 Å². The largest absolute Gasteiger partial charge is 0.495 e. The molecule has 0 saturated carbocycles. The van der Waals surface area contributed by atoms with Crippen molar-refractivity contribution in [1.82, 2.24) is 0 Å². The van der Waals surface area contributed by atoms with Gasteiger partial charge >= 0.3 is 11.8 Å². The Morgan fingerprint density at radius 1 is 1.44 bits per heavy atom. The minimum absolute atomic E-state index is 0.145. The second-order valence-electron chi connectivity index (χ2n) is 3.04. The average molecular weight is 226 g/mol. The molecule has 16 heavy (non-hydrogen) atoms. The maximum atomic E-state index is 13.0. The molecule has 86 valence electrons. The zero-order chi connectivity index (χ0) is 12.3. The van der Waals surface area contributed by atoms with E-state index in [0.29, 0.717) is 0 Å². The summed E-state index contributed by atoms with van der Waals surface area (Å²) in [6.45, 7) is 0. The van der Waals surface area contributed by atoms with Crippen molar-refractivity contribution in [2.75, 3.05) is 19.1 Å². The highest BCUT2D eigenvalue weighted by molar-refractivity contribution is 6.39. The van der Waals surface area contributed by atoms with Gasteiger partial charge in [0.1, 0.15) is 11.6 Å². The number of amides is 2. The summed E-state index contributed by atoms with van der Waals surface area (Å²) < 4.78 is 17.9. The van der Waals surface area contributed by atoms with E-state index in [1.54, 1.807) is 0 Å². The number of carbonyl (C=O) groups is 2. The first-order chi connectivity index (χ1) is 7.47. The summed E-state index contributed by atoms with van der Waals surface area (Å²) in [4.78, 5) is 22.9. The van der Waals surface area contributed by atoms with Crippen molar-refractivity contribution >= 4 is 17.5 Å². The molecule has 2 amide bonds. The number of ether oxygens (including phenoxy) is 1.